The highest BCUT2D eigenvalue weighted by atomic mass is 16.5. The molecule has 16 heavy (non-hydrogen) atoms. The molecule has 1 aromatic rings. The van der Waals surface area contributed by atoms with Crippen LogP contribution in [0.15, 0.2) is 24.3 Å². The van der Waals surface area contributed by atoms with Crippen LogP contribution in [0.3, 0.4) is 0 Å². The molecule has 2 N–H and O–H groups in total. The highest BCUT2D eigenvalue weighted by Gasteiger charge is 2.19. The van der Waals surface area contributed by atoms with E-state index in [1.807, 2.05) is 0 Å². The van der Waals surface area contributed by atoms with Crippen LogP contribution in [-0.2, 0) is 11.2 Å². The summed E-state index contributed by atoms with van der Waals surface area (Å²) in [7, 11) is 0. The van der Waals surface area contributed by atoms with Gasteiger partial charge in [0.15, 0.2) is 0 Å². The Morgan fingerprint density at radius 2 is 2.25 bits per heavy atom. The molecule has 1 aliphatic rings. The lowest BCUT2D eigenvalue weighted by atomic mass is 9.94. The van der Waals surface area contributed by atoms with Gasteiger partial charge >= 0.3 is 0 Å². The van der Waals surface area contributed by atoms with Crippen molar-refractivity contribution < 1.29 is 4.74 Å². The van der Waals surface area contributed by atoms with E-state index in [1.165, 1.54) is 11.1 Å². The fraction of sp³-hybridized carbons (Fsp3) is 0.571. The van der Waals surface area contributed by atoms with Crippen molar-refractivity contribution in [1.29, 1.82) is 0 Å². The van der Waals surface area contributed by atoms with E-state index >= 15 is 0 Å². The Hall–Kier alpha value is -0.860. The molecule has 1 aliphatic heterocycles. The second-order valence-corrected chi connectivity index (χ2v) is 4.72. The van der Waals surface area contributed by atoms with Crippen molar-refractivity contribution in [2.24, 2.45) is 5.73 Å². The molecule has 2 unspecified atom stereocenters. The molecule has 1 aromatic carbocycles. The highest BCUT2D eigenvalue weighted by Crippen LogP contribution is 2.30. The van der Waals surface area contributed by atoms with Gasteiger partial charge in [0.1, 0.15) is 0 Å². The molecule has 2 rings (SSSR count). The topological polar surface area (TPSA) is 35.2 Å². The zero-order valence-corrected chi connectivity index (χ0v) is 9.99. The van der Waals surface area contributed by atoms with Crippen molar-refractivity contribution in [1.82, 2.24) is 0 Å². The van der Waals surface area contributed by atoms with Crippen molar-refractivity contribution in [3.8, 4) is 0 Å². The second-order valence-electron chi connectivity index (χ2n) is 4.72. The first kappa shape index (κ1) is 11.6. The SMILES string of the molecule is CC(N)CCCC1OCCc2ccccc21. The lowest BCUT2D eigenvalue weighted by Gasteiger charge is -2.26. The van der Waals surface area contributed by atoms with Gasteiger partial charge < -0.3 is 10.5 Å². The molecule has 0 bridgehead atoms. The second kappa shape index (κ2) is 5.46. The molecule has 0 spiro atoms. The van der Waals surface area contributed by atoms with Crippen LogP contribution in [0.2, 0.25) is 0 Å². The zero-order valence-electron chi connectivity index (χ0n) is 9.99. The highest BCUT2D eigenvalue weighted by molar-refractivity contribution is 5.30. The van der Waals surface area contributed by atoms with E-state index < -0.39 is 0 Å². The van der Waals surface area contributed by atoms with E-state index in [9.17, 15) is 0 Å². The number of ether oxygens (including phenoxy) is 1. The third-order valence-electron chi connectivity index (χ3n) is 3.22. The summed E-state index contributed by atoms with van der Waals surface area (Å²) in [5.41, 5.74) is 8.61. The molecule has 88 valence electrons. The Morgan fingerprint density at radius 1 is 1.44 bits per heavy atom. The Labute approximate surface area is 97.8 Å². The van der Waals surface area contributed by atoms with Crippen LogP contribution in [0.1, 0.15) is 43.4 Å². The molecule has 0 saturated heterocycles. The van der Waals surface area contributed by atoms with Crippen LogP contribution >= 0.6 is 0 Å². The maximum absolute atomic E-state index is 5.85. The van der Waals surface area contributed by atoms with Crippen LogP contribution in [0.4, 0.5) is 0 Å². The fourth-order valence-electron chi connectivity index (χ4n) is 2.34. The van der Waals surface area contributed by atoms with Crippen LogP contribution in [0, 0.1) is 0 Å². The summed E-state index contributed by atoms with van der Waals surface area (Å²) in [5.74, 6) is 0. The van der Waals surface area contributed by atoms with E-state index in [-0.39, 0.29) is 0 Å². The summed E-state index contributed by atoms with van der Waals surface area (Å²) < 4.78 is 5.85. The molecule has 0 aliphatic carbocycles. The average Bonchev–Trinajstić information content (AvgIpc) is 2.29. The molecule has 1 heterocycles. The number of hydrogen-bond donors (Lipinski definition) is 1. The molecular weight excluding hydrogens is 198 g/mol. The van der Waals surface area contributed by atoms with Gasteiger partial charge in [0.2, 0.25) is 0 Å². The summed E-state index contributed by atoms with van der Waals surface area (Å²) in [6, 6.07) is 8.94. The van der Waals surface area contributed by atoms with Crippen molar-refractivity contribution in [2.45, 2.75) is 44.8 Å². The van der Waals surface area contributed by atoms with Crippen LogP contribution < -0.4 is 5.73 Å². The summed E-state index contributed by atoms with van der Waals surface area (Å²) in [5, 5.41) is 0. The van der Waals surface area contributed by atoms with E-state index in [4.69, 9.17) is 10.5 Å². The van der Waals surface area contributed by atoms with E-state index in [0.717, 1.165) is 32.3 Å². The molecule has 0 aromatic heterocycles. The molecule has 2 heteroatoms. The number of fused-ring (bicyclic) bond motifs is 1. The summed E-state index contributed by atoms with van der Waals surface area (Å²) >= 11 is 0. The Morgan fingerprint density at radius 3 is 3.06 bits per heavy atom. The molecular formula is C14H21NO. The van der Waals surface area contributed by atoms with Crippen LogP contribution in [-0.4, -0.2) is 12.6 Å². The van der Waals surface area contributed by atoms with Gasteiger partial charge in [-0.2, -0.15) is 0 Å². The maximum Gasteiger partial charge on any atom is 0.0827 e. The van der Waals surface area contributed by atoms with Crippen LogP contribution in [0.5, 0.6) is 0 Å². The smallest absolute Gasteiger partial charge is 0.0827 e. The first-order chi connectivity index (χ1) is 7.77. The van der Waals surface area contributed by atoms with E-state index in [0.29, 0.717) is 12.1 Å². The van der Waals surface area contributed by atoms with Crippen molar-refractivity contribution in [2.75, 3.05) is 6.61 Å². The molecule has 2 atom stereocenters. The molecule has 0 radical (unpaired) electrons. The predicted molar refractivity (Wildman–Crippen MR) is 66.3 cm³/mol. The molecule has 0 amide bonds. The van der Waals surface area contributed by atoms with Gasteiger partial charge in [0.05, 0.1) is 12.7 Å². The number of rotatable bonds is 4. The monoisotopic (exact) mass is 219 g/mol. The minimum Gasteiger partial charge on any atom is -0.373 e. The minimum atomic E-state index is 0.295. The quantitative estimate of drug-likeness (QED) is 0.845. The van der Waals surface area contributed by atoms with Crippen molar-refractivity contribution in [3.63, 3.8) is 0 Å². The number of nitrogens with two attached hydrogens (primary N) is 1. The van der Waals surface area contributed by atoms with Gasteiger partial charge in [-0.3, -0.25) is 0 Å². The fourth-order valence-corrected chi connectivity index (χ4v) is 2.34. The summed E-state index contributed by atoms with van der Waals surface area (Å²) in [6.45, 7) is 2.93. The van der Waals surface area contributed by atoms with Gasteiger partial charge in [-0.05, 0) is 43.7 Å². The third kappa shape index (κ3) is 2.83. The Kier molecular flexibility index (Phi) is 3.97. The predicted octanol–water partition coefficient (Wildman–Crippen LogP) is 2.82. The third-order valence-corrected chi connectivity index (χ3v) is 3.22. The molecule has 0 fully saturated rings. The van der Waals surface area contributed by atoms with Gasteiger partial charge in [0, 0.05) is 6.04 Å². The minimum absolute atomic E-state index is 0.295. The first-order valence-electron chi connectivity index (χ1n) is 6.22. The summed E-state index contributed by atoms with van der Waals surface area (Å²) in [6.07, 6.45) is 4.68. The van der Waals surface area contributed by atoms with Gasteiger partial charge in [0.25, 0.3) is 0 Å². The van der Waals surface area contributed by atoms with Crippen LogP contribution in [0.25, 0.3) is 0 Å². The number of benzene rings is 1. The zero-order chi connectivity index (χ0) is 11.4. The van der Waals surface area contributed by atoms with Crippen molar-refractivity contribution in [3.05, 3.63) is 35.4 Å². The van der Waals surface area contributed by atoms with Gasteiger partial charge in [-0.25, -0.2) is 0 Å². The molecule has 0 saturated carbocycles. The lowest BCUT2D eigenvalue weighted by Crippen LogP contribution is -2.18. The van der Waals surface area contributed by atoms with Gasteiger partial charge in [-0.15, -0.1) is 0 Å². The normalized spacial score (nSPS) is 21.5. The van der Waals surface area contributed by atoms with E-state index in [2.05, 4.69) is 31.2 Å². The largest absolute Gasteiger partial charge is 0.373 e. The average molecular weight is 219 g/mol. The van der Waals surface area contributed by atoms with Gasteiger partial charge in [-0.1, -0.05) is 24.3 Å². The standard InChI is InChI=1S/C14H21NO/c1-11(15)5-4-8-14-13-7-3-2-6-12(13)9-10-16-14/h2-3,6-7,11,14H,4-5,8-10,15H2,1H3. The van der Waals surface area contributed by atoms with E-state index in [1.54, 1.807) is 0 Å². The summed E-state index contributed by atoms with van der Waals surface area (Å²) in [4.78, 5) is 0. The Balaban J connectivity index is 1.96. The maximum atomic E-state index is 5.85. The lowest BCUT2D eigenvalue weighted by molar-refractivity contribution is 0.0347. The number of hydrogen-bond acceptors (Lipinski definition) is 2. The molecule has 2 nitrogen and oxygen atoms in total. The van der Waals surface area contributed by atoms with Crippen molar-refractivity contribution >= 4 is 0 Å². The Bertz CT molecular complexity index is 335. The first-order valence-corrected chi connectivity index (χ1v) is 6.22.